The predicted molar refractivity (Wildman–Crippen MR) is 73.7 cm³/mol. The first kappa shape index (κ1) is 12.5. The van der Waals surface area contributed by atoms with E-state index < -0.39 is 5.60 Å². The molecule has 1 aliphatic carbocycles. The number of piperidine rings is 1. The Hall–Kier alpha value is -0.570. The summed E-state index contributed by atoms with van der Waals surface area (Å²) in [5.74, 6) is 0.348. The monoisotopic (exact) mass is 265 g/mol. The van der Waals surface area contributed by atoms with Crippen LogP contribution >= 0.6 is 11.6 Å². The van der Waals surface area contributed by atoms with Gasteiger partial charge in [-0.25, -0.2) is 0 Å². The molecule has 3 rings (SSSR count). The smallest absolute Gasteiger partial charge is 0.0706 e. The van der Waals surface area contributed by atoms with Gasteiger partial charge in [-0.15, -0.1) is 0 Å². The van der Waals surface area contributed by atoms with Crippen LogP contribution in [0.15, 0.2) is 24.3 Å². The number of aliphatic hydroxyl groups is 1. The van der Waals surface area contributed by atoms with Crippen LogP contribution in [-0.4, -0.2) is 17.3 Å². The lowest BCUT2D eigenvalue weighted by Crippen LogP contribution is -2.53. The van der Waals surface area contributed by atoms with Gasteiger partial charge in [0.15, 0.2) is 0 Å². The molecule has 2 N–H and O–H groups in total. The number of hydrogen-bond donors (Lipinski definition) is 2. The molecule has 18 heavy (non-hydrogen) atoms. The molecule has 1 heterocycles. The van der Waals surface area contributed by atoms with Crippen LogP contribution in [0.2, 0.25) is 5.02 Å². The van der Waals surface area contributed by atoms with Crippen LogP contribution in [0.5, 0.6) is 0 Å². The summed E-state index contributed by atoms with van der Waals surface area (Å²) in [6.45, 7) is 0.903. The van der Waals surface area contributed by atoms with E-state index in [4.69, 9.17) is 11.6 Å². The number of rotatable bonds is 1. The minimum atomic E-state index is -0.451. The molecule has 0 spiro atoms. The van der Waals surface area contributed by atoms with Crippen LogP contribution in [-0.2, 0) is 0 Å². The highest BCUT2D eigenvalue weighted by Gasteiger charge is 2.45. The molecule has 0 bridgehead atoms. The normalized spacial score (nSPS) is 36.1. The zero-order valence-electron chi connectivity index (χ0n) is 10.5. The maximum Gasteiger partial charge on any atom is 0.0706 e. The van der Waals surface area contributed by atoms with Gasteiger partial charge < -0.3 is 10.4 Å². The van der Waals surface area contributed by atoms with Crippen molar-refractivity contribution < 1.29 is 5.11 Å². The molecule has 1 aromatic rings. The molecule has 2 fully saturated rings. The van der Waals surface area contributed by atoms with E-state index in [9.17, 15) is 5.11 Å². The van der Waals surface area contributed by atoms with Crippen molar-refractivity contribution in [1.29, 1.82) is 0 Å². The maximum atomic E-state index is 10.8. The van der Waals surface area contributed by atoms with Gasteiger partial charge in [0.05, 0.1) is 5.60 Å². The second-order valence-electron chi connectivity index (χ2n) is 5.69. The van der Waals surface area contributed by atoms with E-state index in [0.29, 0.717) is 5.92 Å². The van der Waals surface area contributed by atoms with E-state index in [1.807, 2.05) is 12.1 Å². The van der Waals surface area contributed by atoms with E-state index in [2.05, 4.69) is 17.4 Å². The lowest BCUT2D eigenvalue weighted by Gasteiger charge is -2.48. The average Bonchev–Trinajstić information content (AvgIpc) is 2.38. The van der Waals surface area contributed by atoms with Gasteiger partial charge in [0.1, 0.15) is 0 Å². The molecule has 1 aliphatic heterocycles. The third-order valence-corrected chi connectivity index (χ3v) is 4.87. The summed E-state index contributed by atoms with van der Waals surface area (Å²) >= 11 is 5.95. The van der Waals surface area contributed by atoms with Gasteiger partial charge >= 0.3 is 0 Å². The fourth-order valence-electron chi connectivity index (χ4n) is 3.64. The minimum absolute atomic E-state index is 0.279. The van der Waals surface area contributed by atoms with Crippen LogP contribution < -0.4 is 5.32 Å². The van der Waals surface area contributed by atoms with Gasteiger partial charge in [0.25, 0.3) is 0 Å². The number of halogens is 1. The van der Waals surface area contributed by atoms with Crippen LogP contribution in [0.4, 0.5) is 0 Å². The first-order chi connectivity index (χ1) is 8.69. The van der Waals surface area contributed by atoms with Crippen molar-refractivity contribution in [3.63, 3.8) is 0 Å². The quantitative estimate of drug-likeness (QED) is 0.817. The van der Waals surface area contributed by atoms with Crippen LogP contribution in [0, 0.1) is 5.92 Å². The minimum Gasteiger partial charge on any atom is -0.389 e. The van der Waals surface area contributed by atoms with Crippen molar-refractivity contribution in [3.8, 4) is 0 Å². The summed E-state index contributed by atoms with van der Waals surface area (Å²) in [7, 11) is 0. The van der Waals surface area contributed by atoms with Crippen molar-refractivity contribution in [2.45, 2.75) is 43.7 Å². The van der Waals surface area contributed by atoms with Gasteiger partial charge in [0.2, 0.25) is 0 Å². The molecule has 98 valence electrons. The third-order valence-electron chi connectivity index (χ3n) is 4.62. The Labute approximate surface area is 113 Å². The molecule has 3 heteroatoms. The van der Waals surface area contributed by atoms with Crippen LogP contribution in [0.3, 0.4) is 0 Å². The highest BCUT2D eigenvalue weighted by atomic mass is 35.5. The fourth-order valence-corrected chi connectivity index (χ4v) is 3.77. The highest BCUT2D eigenvalue weighted by molar-refractivity contribution is 6.30. The predicted octanol–water partition coefficient (Wildman–Crippen LogP) is 3.30. The first-order valence-corrected chi connectivity index (χ1v) is 7.28. The summed E-state index contributed by atoms with van der Waals surface area (Å²) in [6.07, 6.45) is 5.38. The van der Waals surface area contributed by atoms with Crippen molar-refractivity contribution in [3.05, 3.63) is 34.9 Å². The highest BCUT2D eigenvalue weighted by Crippen LogP contribution is 2.45. The Kier molecular flexibility index (Phi) is 3.35. The van der Waals surface area contributed by atoms with Crippen LogP contribution in [0.25, 0.3) is 0 Å². The zero-order valence-corrected chi connectivity index (χ0v) is 11.3. The van der Waals surface area contributed by atoms with Gasteiger partial charge in [-0.2, -0.15) is 0 Å². The Balaban J connectivity index is 1.88. The Bertz CT molecular complexity index is 415. The molecule has 3 atom stereocenters. The molecule has 1 saturated carbocycles. The molecule has 0 amide bonds. The second kappa shape index (κ2) is 4.84. The maximum absolute atomic E-state index is 10.8. The number of benzene rings is 1. The molecule has 0 aromatic heterocycles. The van der Waals surface area contributed by atoms with E-state index >= 15 is 0 Å². The van der Waals surface area contributed by atoms with E-state index in [0.717, 1.165) is 30.8 Å². The van der Waals surface area contributed by atoms with E-state index in [-0.39, 0.29) is 6.04 Å². The lowest BCUT2D eigenvalue weighted by molar-refractivity contribution is -0.0861. The standard InChI is InChI=1S/C15H20ClNO/c16-12-6-4-11(5-7-12)14-13-3-1-2-8-15(13,18)9-10-17-14/h4-7,13-14,17-18H,1-3,8-10H2/t13-,14-,15-/m0/s1. The molecule has 2 aliphatic rings. The largest absolute Gasteiger partial charge is 0.389 e. The van der Waals surface area contributed by atoms with Gasteiger partial charge in [-0.1, -0.05) is 36.6 Å². The molecular weight excluding hydrogens is 246 g/mol. The second-order valence-corrected chi connectivity index (χ2v) is 6.13. The van der Waals surface area contributed by atoms with Crippen molar-refractivity contribution in [1.82, 2.24) is 5.32 Å². The third kappa shape index (κ3) is 2.18. The summed E-state index contributed by atoms with van der Waals surface area (Å²) in [5, 5.41) is 15.2. The SMILES string of the molecule is O[C@]12CCCC[C@H]1[C@H](c1ccc(Cl)cc1)NCC2. The van der Waals surface area contributed by atoms with Gasteiger partial charge in [-0.05, 0) is 43.5 Å². The Morgan fingerprint density at radius 2 is 1.94 bits per heavy atom. The summed E-state index contributed by atoms with van der Waals surface area (Å²) in [4.78, 5) is 0. The van der Waals surface area contributed by atoms with Crippen LogP contribution in [0.1, 0.15) is 43.7 Å². The molecule has 1 saturated heterocycles. The van der Waals surface area contributed by atoms with Gasteiger partial charge in [0, 0.05) is 17.0 Å². The van der Waals surface area contributed by atoms with E-state index in [1.54, 1.807) is 0 Å². The number of hydrogen-bond acceptors (Lipinski definition) is 2. The number of fused-ring (bicyclic) bond motifs is 1. The first-order valence-electron chi connectivity index (χ1n) is 6.90. The number of nitrogens with one attached hydrogen (secondary N) is 1. The zero-order chi connectivity index (χ0) is 12.6. The molecular formula is C15H20ClNO. The fraction of sp³-hybridized carbons (Fsp3) is 0.600. The Morgan fingerprint density at radius 1 is 1.17 bits per heavy atom. The molecule has 0 unspecified atom stereocenters. The summed E-state index contributed by atoms with van der Waals surface area (Å²) in [6, 6.07) is 8.33. The summed E-state index contributed by atoms with van der Waals surface area (Å²) < 4.78 is 0. The molecule has 1 aromatic carbocycles. The average molecular weight is 266 g/mol. The Morgan fingerprint density at radius 3 is 2.72 bits per heavy atom. The molecule has 2 nitrogen and oxygen atoms in total. The van der Waals surface area contributed by atoms with Crippen molar-refractivity contribution in [2.75, 3.05) is 6.54 Å². The van der Waals surface area contributed by atoms with Crippen molar-refractivity contribution in [2.24, 2.45) is 5.92 Å². The van der Waals surface area contributed by atoms with Crippen molar-refractivity contribution >= 4 is 11.6 Å². The van der Waals surface area contributed by atoms with Gasteiger partial charge in [-0.3, -0.25) is 0 Å². The lowest BCUT2D eigenvalue weighted by atomic mass is 9.67. The summed E-state index contributed by atoms with van der Waals surface area (Å²) in [5.41, 5.74) is 0.804. The molecule has 0 radical (unpaired) electrons. The van der Waals surface area contributed by atoms with E-state index in [1.165, 1.54) is 18.4 Å². The topological polar surface area (TPSA) is 32.3 Å².